The average Bonchev–Trinajstić information content (AvgIpc) is 2.85. The molecule has 1 aromatic heterocycles. The SMILES string of the molecule is CC.CCN1CCC(c2ccn[nH]2)CC1. The van der Waals surface area contributed by atoms with Crippen molar-refractivity contribution in [2.24, 2.45) is 0 Å². The summed E-state index contributed by atoms with van der Waals surface area (Å²) in [6.45, 7) is 9.90. The molecule has 1 aliphatic rings. The van der Waals surface area contributed by atoms with E-state index in [2.05, 4.69) is 28.1 Å². The van der Waals surface area contributed by atoms with E-state index in [9.17, 15) is 0 Å². The molecule has 0 amide bonds. The summed E-state index contributed by atoms with van der Waals surface area (Å²) in [7, 11) is 0. The molecule has 1 fully saturated rings. The maximum atomic E-state index is 4.00. The van der Waals surface area contributed by atoms with Gasteiger partial charge in [-0.25, -0.2) is 0 Å². The summed E-state index contributed by atoms with van der Waals surface area (Å²) in [6, 6.07) is 2.10. The first kappa shape index (κ1) is 12.2. The van der Waals surface area contributed by atoms with Crippen molar-refractivity contribution in [1.29, 1.82) is 0 Å². The zero-order chi connectivity index (χ0) is 11.1. The van der Waals surface area contributed by atoms with Crippen LogP contribution in [0.5, 0.6) is 0 Å². The second-order valence-corrected chi connectivity index (χ2v) is 3.72. The molecule has 0 saturated carbocycles. The first-order valence-electron chi connectivity index (χ1n) is 6.11. The molecule has 0 unspecified atom stereocenters. The van der Waals surface area contributed by atoms with E-state index in [0.717, 1.165) is 0 Å². The smallest absolute Gasteiger partial charge is 0.0490 e. The van der Waals surface area contributed by atoms with Gasteiger partial charge in [-0.15, -0.1) is 0 Å². The highest BCUT2D eigenvalue weighted by Gasteiger charge is 2.19. The van der Waals surface area contributed by atoms with Crippen LogP contribution in [-0.4, -0.2) is 34.7 Å². The van der Waals surface area contributed by atoms with Crippen molar-refractivity contribution >= 4 is 0 Å². The van der Waals surface area contributed by atoms with Gasteiger partial charge in [-0.3, -0.25) is 5.10 Å². The van der Waals surface area contributed by atoms with Crippen LogP contribution in [0.3, 0.4) is 0 Å². The fourth-order valence-corrected chi connectivity index (χ4v) is 2.05. The van der Waals surface area contributed by atoms with Crippen LogP contribution in [0.4, 0.5) is 0 Å². The molecule has 1 aliphatic heterocycles. The molecular weight excluding hydrogens is 186 g/mol. The summed E-state index contributed by atoms with van der Waals surface area (Å²) in [6.07, 6.45) is 4.40. The molecule has 1 saturated heterocycles. The zero-order valence-electron chi connectivity index (χ0n) is 10.2. The summed E-state index contributed by atoms with van der Waals surface area (Å²) in [5, 5.41) is 7.07. The van der Waals surface area contributed by atoms with Crippen LogP contribution in [0.2, 0.25) is 0 Å². The van der Waals surface area contributed by atoms with Gasteiger partial charge in [0.25, 0.3) is 0 Å². The number of nitrogens with zero attached hydrogens (tertiary/aromatic N) is 2. The minimum absolute atomic E-state index is 0.713. The van der Waals surface area contributed by atoms with Crippen LogP contribution >= 0.6 is 0 Å². The van der Waals surface area contributed by atoms with Gasteiger partial charge >= 0.3 is 0 Å². The Morgan fingerprint density at radius 3 is 2.53 bits per heavy atom. The second-order valence-electron chi connectivity index (χ2n) is 3.72. The highest BCUT2D eigenvalue weighted by atomic mass is 15.1. The standard InChI is InChI=1S/C10H17N3.C2H6/c1-2-13-7-4-9(5-8-13)10-3-6-11-12-10;1-2/h3,6,9H,2,4-5,7-8H2,1H3,(H,11,12);1-2H3. The Morgan fingerprint density at radius 2 is 2.07 bits per heavy atom. The predicted octanol–water partition coefficient (Wildman–Crippen LogP) is 2.64. The van der Waals surface area contributed by atoms with Gasteiger partial charge < -0.3 is 4.90 Å². The van der Waals surface area contributed by atoms with Crippen molar-refractivity contribution < 1.29 is 0 Å². The average molecular weight is 209 g/mol. The number of nitrogens with one attached hydrogen (secondary N) is 1. The topological polar surface area (TPSA) is 31.9 Å². The fraction of sp³-hybridized carbons (Fsp3) is 0.750. The van der Waals surface area contributed by atoms with Gasteiger partial charge in [0.2, 0.25) is 0 Å². The number of hydrogen-bond donors (Lipinski definition) is 1. The largest absolute Gasteiger partial charge is 0.304 e. The first-order valence-corrected chi connectivity index (χ1v) is 6.11. The Hall–Kier alpha value is -0.830. The second kappa shape index (κ2) is 6.62. The van der Waals surface area contributed by atoms with Crippen molar-refractivity contribution in [3.8, 4) is 0 Å². The van der Waals surface area contributed by atoms with Gasteiger partial charge in [0, 0.05) is 17.8 Å². The molecule has 0 aliphatic carbocycles. The van der Waals surface area contributed by atoms with Crippen molar-refractivity contribution in [1.82, 2.24) is 15.1 Å². The monoisotopic (exact) mass is 209 g/mol. The highest BCUT2D eigenvalue weighted by Crippen LogP contribution is 2.25. The molecule has 0 aromatic carbocycles. The molecule has 3 heteroatoms. The van der Waals surface area contributed by atoms with Gasteiger partial charge in [-0.05, 0) is 38.5 Å². The number of aromatic amines is 1. The van der Waals surface area contributed by atoms with Crippen molar-refractivity contribution in [3.63, 3.8) is 0 Å². The molecule has 0 radical (unpaired) electrons. The highest BCUT2D eigenvalue weighted by molar-refractivity contribution is 5.06. The van der Waals surface area contributed by atoms with Crippen LogP contribution in [0.1, 0.15) is 45.2 Å². The predicted molar refractivity (Wildman–Crippen MR) is 64.0 cm³/mol. The Morgan fingerprint density at radius 1 is 1.40 bits per heavy atom. The Balaban J connectivity index is 0.000000531. The third-order valence-corrected chi connectivity index (χ3v) is 3.00. The van der Waals surface area contributed by atoms with Crippen molar-refractivity contribution in [2.45, 2.75) is 39.5 Å². The fourth-order valence-electron chi connectivity index (χ4n) is 2.05. The summed E-state index contributed by atoms with van der Waals surface area (Å²) in [5.74, 6) is 0.713. The van der Waals surface area contributed by atoms with E-state index in [4.69, 9.17) is 0 Å². The molecule has 3 nitrogen and oxygen atoms in total. The van der Waals surface area contributed by atoms with Crippen molar-refractivity contribution in [3.05, 3.63) is 18.0 Å². The first-order chi connectivity index (χ1) is 7.40. The van der Waals surface area contributed by atoms with E-state index in [1.54, 1.807) is 0 Å². The maximum absolute atomic E-state index is 4.00. The molecule has 1 N–H and O–H groups in total. The van der Waals surface area contributed by atoms with E-state index < -0.39 is 0 Å². The van der Waals surface area contributed by atoms with Crippen LogP contribution in [0.25, 0.3) is 0 Å². The summed E-state index contributed by atoms with van der Waals surface area (Å²) in [4.78, 5) is 2.51. The van der Waals surface area contributed by atoms with E-state index >= 15 is 0 Å². The minimum atomic E-state index is 0.713. The molecule has 2 rings (SSSR count). The number of piperidine rings is 1. The van der Waals surface area contributed by atoms with Gasteiger partial charge in [-0.1, -0.05) is 20.8 Å². The molecule has 1 aromatic rings. The number of likely N-dealkylation sites (tertiary alicyclic amines) is 1. The molecule has 0 bridgehead atoms. The summed E-state index contributed by atoms with van der Waals surface area (Å²) < 4.78 is 0. The lowest BCUT2D eigenvalue weighted by Gasteiger charge is -2.30. The molecule has 86 valence electrons. The lowest BCUT2D eigenvalue weighted by Crippen LogP contribution is -2.32. The third-order valence-electron chi connectivity index (χ3n) is 3.00. The third kappa shape index (κ3) is 3.34. The van der Waals surface area contributed by atoms with Gasteiger partial charge in [-0.2, -0.15) is 5.10 Å². The quantitative estimate of drug-likeness (QED) is 0.812. The minimum Gasteiger partial charge on any atom is -0.304 e. The van der Waals surface area contributed by atoms with E-state index in [0.29, 0.717) is 5.92 Å². The number of H-pyrrole nitrogens is 1. The van der Waals surface area contributed by atoms with E-state index in [1.807, 2.05) is 20.0 Å². The Kier molecular flexibility index (Phi) is 5.40. The van der Waals surface area contributed by atoms with Gasteiger partial charge in [0.15, 0.2) is 0 Å². The molecule has 2 heterocycles. The Labute approximate surface area is 92.9 Å². The van der Waals surface area contributed by atoms with Gasteiger partial charge in [0.1, 0.15) is 0 Å². The summed E-state index contributed by atoms with van der Waals surface area (Å²) in [5.41, 5.74) is 1.32. The Bertz CT molecular complexity index is 235. The molecular formula is C12H23N3. The zero-order valence-corrected chi connectivity index (χ0v) is 10.2. The van der Waals surface area contributed by atoms with Gasteiger partial charge in [0.05, 0.1) is 0 Å². The van der Waals surface area contributed by atoms with Crippen LogP contribution in [0, 0.1) is 0 Å². The number of hydrogen-bond acceptors (Lipinski definition) is 2. The van der Waals surface area contributed by atoms with Crippen LogP contribution < -0.4 is 0 Å². The maximum Gasteiger partial charge on any atom is 0.0490 e. The lowest BCUT2D eigenvalue weighted by atomic mass is 9.94. The van der Waals surface area contributed by atoms with E-state index in [1.165, 1.54) is 38.2 Å². The summed E-state index contributed by atoms with van der Waals surface area (Å²) >= 11 is 0. The molecule has 15 heavy (non-hydrogen) atoms. The van der Waals surface area contributed by atoms with Crippen LogP contribution in [0.15, 0.2) is 12.3 Å². The normalized spacial score (nSPS) is 18.3. The molecule has 0 atom stereocenters. The van der Waals surface area contributed by atoms with Crippen LogP contribution in [-0.2, 0) is 0 Å². The lowest BCUT2D eigenvalue weighted by molar-refractivity contribution is 0.221. The number of aromatic nitrogens is 2. The molecule has 0 spiro atoms. The van der Waals surface area contributed by atoms with Crippen molar-refractivity contribution in [2.75, 3.05) is 19.6 Å². The number of rotatable bonds is 2. The van der Waals surface area contributed by atoms with E-state index in [-0.39, 0.29) is 0 Å².